The van der Waals surface area contributed by atoms with Gasteiger partial charge in [-0.15, -0.1) is 0 Å². The van der Waals surface area contributed by atoms with E-state index in [0.717, 1.165) is 11.0 Å². The van der Waals surface area contributed by atoms with Crippen molar-refractivity contribution in [2.45, 2.75) is 116 Å². The zero-order valence-electron chi connectivity index (χ0n) is 22.2. The van der Waals surface area contributed by atoms with Crippen LogP contribution in [-0.4, -0.2) is 48.1 Å². The summed E-state index contributed by atoms with van der Waals surface area (Å²) in [5.74, 6) is 0. The topological polar surface area (TPSA) is 12.0 Å². The molecule has 1 aromatic rings. The van der Waals surface area contributed by atoms with E-state index in [1.54, 1.807) is 0 Å². The highest BCUT2D eigenvalue weighted by Crippen LogP contribution is 2.15. The van der Waals surface area contributed by atoms with Gasteiger partial charge in [0.1, 0.15) is 6.54 Å². The predicted molar refractivity (Wildman–Crippen MR) is 148 cm³/mol. The highest BCUT2D eigenvalue weighted by atomic mass is 28.1. The Morgan fingerprint density at radius 2 is 1.00 bits per heavy atom. The number of nitrogens with one attached hydrogen (secondary N) is 1. The summed E-state index contributed by atoms with van der Waals surface area (Å²) in [6.07, 6.45) is 25.9. The molecule has 0 spiro atoms. The van der Waals surface area contributed by atoms with Gasteiger partial charge in [-0.25, -0.2) is 0 Å². The Morgan fingerprint density at radius 1 is 0.594 bits per heavy atom. The summed E-state index contributed by atoms with van der Waals surface area (Å²) >= 11 is 0. The molecule has 0 aromatic heterocycles. The molecule has 32 heavy (non-hydrogen) atoms. The van der Waals surface area contributed by atoms with Crippen molar-refractivity contribution < 1.29 is 4.48 Å². The zero-order valence-corrected chi connectivity index (χ0v) is 24.2. The number of hydrogen-bond donors (Lipinski definition) is 1. The maximum atomic E-state index is 3.48. The average Bonchev–Trinajstić information content (AvgIpc) is 2.78. The largest absolute Gasteiger partial charge is 0.325 e. The minimum Gasteiger partial charge on any atom is -0.325 e. The van der Waals surface area contributed by atoms with E-state index in [1.807, 2.05) is 0 Å². The van der Waals surface area contributed by atoms with Crippen LogP contribution < -0.4 is 5.32 Å². The molecule has 0 atom stereocenters. The third-order valence-corrected chi connectivity index (χ3v) is 7.32. The van der Waals surface area contributed by atoms with Gasteiger partial charge < -0.3 is 9.80 Å². The number of hydrogen-bond acceptors (Lipinski definition) is 1. The van der Waals surface area contributed by atoms with E-state index in [-0.39, 0.29) is 0 Å². The van der Waals surface area contributed by atoms with E-state index in [1.165, 1.54) is 144 Å². The number of quaternary nitrogens is 1. The molecule has 0 saturated heterocycles. The van der Waals surface area contributed by atoms with Crippen LogP contribution in [0, 0.1) is 0 Å². The molecule has 0 aliphatic carbocycles. The molecule has 0 heterocycles. The van der Waals surface area contributed by atoms with E-state index in [9.17, 15) is 0 Å². The fourth-order valence-electron chi connectivity index (χ4n) is 4.77. The van der Waals surface area contributed by atoms with Crippen molar-refractivity contribution in [2.75, 3.05) is 33.4 Å². The molecule has 0 aliphatic rings. The second-order valence-corrected chi connectivity index (χ2v) is 11.4. The summed E-state index contributed by atoms with van der Waals surface area (Å²) < 4.78 is 1.11. The molecular weight excluding hydrogens is 404 g/mol. The molecule has 0 saturated carbocycles. The molecular formula is C29H57N2Si+. The van der Waals surface area contributed by atoms with Crippen LogP contribution in [0.4, 0.5) is 0 Å². The van der Waals surface area contributed by atoms with Crippen molar-refractivity contribution in [2.24, 2.45) is 0 Å². The van der Waals surface area contributed by atoms with Crippen LogP contribution in [0.1, 0.15) is 115 Å². The van der Waals surface area contributed by atoms with Gasteiger partial charge in [-0.3, -0.25) is 0 Å². The highest BCUT2D eigenvalue weighted by Gasteiger charge is 2.14. The maximum Gasteiger partial charge on any atom is 0.104 e. The van der Waals surface area contributed by atoms with Gasteiger partial charge in [-0.05, 0) is 32.0 Å². The summed E-state index contributed by atoms with van der Waals surface area (Å²) in [6, 6.07) is 11.0. The Balaban J connectivity index is 1.76. The van der Waals surface area contributed by atoms with Gasteiger partial charge in [-0.1, -0.05) is 120 Å². The van der Waals surface area contributed by atoms with Gasteiger partial charge in [0.05, 0.1) is 20.6 Å². The lowest BCUT2D eigenvalue weighted by atomic mass is 10.0. The summed E-state index contributed by atoms with van der Waals surface area (Å²) in [5.41, 5.74) is 1.46. The van der Waals surface area contributed by atoms with Gasteiger partial charge in [-0.2, -0.15) is 0 Å². The first-order valence-electron chi connectivity index (χ1n) is 14.2. The molecule has 186 valence electrons. The first-order valence-corrected chi connectivity index (χ1v) is 15.6. The van der Waals surface area contributed by atoms with E-state index in [0.29, 0.717) is 0 Å². The quantitative estimate of drug-likeness (QED) is 0.107. The van der Waals surface area contributed by atoms with Gasteiger partial charge in [0.25, 0.3) is 0 Å². The fraction of sp³-hybridized carbons (Fsp3) is 0.793. The number of rotatable bonds is 23. The standard InChI is InChI=1S/C29H57N2Si/c1-31(2,27-29-23-19-18-20-24-29)26-22-17-15-13-11-9-7-5-3-4-6-8-10-12-14-16-21-25-30-28-32/h18-20,23-24,30H,3-17,21-22,25-28H2,1-2,32H3/q+1. The van der Waals surface area contributed by atoms with Gasteiger partial charge in [0.2, 0.25) is 0 Å². The third kappa shape index (κ3) is 18.9. The molecule has 0 amide bonds. The van der Waals surface area contributed by atoms with E-state index < -0.39 is 0 Å². The third-order valence-electron chi connectivity index (χ3n) is 6.82. The van der Waals surface area contributed by atoms with Crippen LogP contribution in [0.2, 0.25) is 0 Å². The lowest BCUT2D eigenvalue weighted by Crippen LogP contribution is -2.39. The van der Waals surface area contributed by atoms with E-state index in [4.69, 9.17) is 0 Å². The van der Waals surface area contributed by atoms with E-state index >= 15 is 0 Å². The normalized spacial score (nSPS) is 11.9. The second-order valence-electron chi connectivity index (χ2n) is 10.7. The number of unbranched alkanes of at least 4 members (excludes halogenated alkanes) is 16. The minimum atomic E-state index is 1.11. The molecule has 0 aliphatic heterocycles. The number of nitrogens with zero attached hydrogens (tertiary/aromatic N) is 1. The van der Waals surface area contributed by atoms with Gasteiger partial charge in [0, 0.05) is 15.8 Å². The molecule has 3 heteroatoms. The first-order chi connectivity index (χ1) is 15.6. The van der Waals surface area contributed by atoms with Gasteiger partial charge in [0.15, 0.2) is 0 Å². The fourth-order valence-corrected chi connectivity index (χ4v) is 5.13. The molecule has 1 aromatic carbocycles. The lowest BCUT2D eigenvalue weighted by Gasteiger charge is -2.30. The second kappa shape index (κ2) is 20.9. The predicted octanol–water partition coefficient (Wildman–Crippen LogP) is 6.81. The van der Waals surface area contributed by atoms with Crippen molar-refractivity contribution in [3.05, 3.63) is 35.9 Å². The van der Waals surface area contributed by atoms with E-state index in [2.05, 4.69) is 49.7 Å². The maximum absolute atomic E-state index is 3.48. The summed E-state index contributed by atoms with van der Waals surface area (Å²) in [6.45, 7) is 3.70. The zero-order chi connectivity index (χ0) is 23.2. The Hall–Kier alpha value is -0.643. The SMILES string of the molecule is C[N+](C)(CCCCCCCCCCCCCCCCCCCNC[SiH3])Cc1ccccc1. The van der Waals surface area contributed by atoms with Crippen LogP contribution in [0.5, 0.6) is 0 Å². The Bertz CT molecular complexity index is 503. The molecule has 0 unspecified atom stereocenters. The number of benzene rings is 1. The molecule has 0 bridgehead atoms. The summed E-state index contributed by atoms with van der Waals surface area (Å²) in [5, 5.41) is 3.48. The average molecular weight is 462 g/mol. The lowest BCUT2D eigenvalue weighted by molar-refractivity contribution is -0.903. The molecule has 0 radical (unpaired) electrons. The molecule has 1 rings (SSSR count). The van der Waals surface area contributed by atoms with Gasteiger partial charge >= 0.3 is 0 Å². The van der Waals surface area contributed by atoms with Crippen LogP contribution in [0.25, 0.3) is 0 Å². The summed E-state index contributed by atoms with van der Waals surface area (Å²) in [7, 11) is 6.05. The van der Waals surface area contributed by atoms with Crippen LogP contribution in [-0.2, 0) is 6.54 Å². The van der Waals surface area contributed by atoms with Crippen LogP contribution in [0.15, 0.2) is 30.3 Å². The highest BCUT2D eigenvalue weighted by molar-refractivity contribution is 6.08. The Labute approximate surface area is 205 Å². The van der Waals surface area contributed by atoms with Crippen molar-refractivity contribution in [1.82, 2.24) is 5.32 Å². The first kappa shape index (κ1) is 29.4. The Morgan fingerprint density at radius 3 is 1.44 bits per heavy atom. The van der Waals surface area contributed by atoms with Crippen LogP contribution in [0.3, 0.4) is 0 Å². The molecule has 2 nitrogen and oxygen atoms in total. The minimum absolute atomic E-state index is 1.11. The monoisotopic (exact) mass is 461 g/mol. The van der Waals surface area contributed by atoms with Crippen molar-refractivity contribution >= 4 is 10.2 Å². The molecule has 0 fully saturated rings. The van der Waals surface area contributed by atoms with Crippen LogP contribution >= 0.6 is 0 Å². The van der Waals surface area contributed by atoms with Crippen molar-refractivity contribution in [1.29, 1.82) is 0 Å². The summed E-state index contributed by atoms with van der Waals surface area (Å²) in [4.78, 5) is 0. The van der Waals surface area contributed by atoms with Crippen molar-refractivity contribution in [3.63, 3.8) is 0 Å². The smallest absolute Gasteiger partial charge is 0.104 e. The Kier molecular flexibility index (Phi) is 19.2. The van der Waals surface area contributed by atoms with Crippen molar-refractivity contribution in [3.8, 4) is 0 Å². The molecule has 1 N–H and O–H groups in total.